The Morgan fingerprint density at radius 2 is 2.32 bits per heavy atom. The van der Waals surface area contributed by atoms with Gasteiger partial charge in [-0.2, -0.15) is 0 Å². The highest BCUT2D eigenvalue weighted by Crippen LogP contribution is 2.16. The van der Waals surface area contributed by atoms with E-state index in [0.717, 1.165) is 0 Å². The van der Waals surface area contributed by atoms with Crippen molar-refractivity contribution in [3.05, 3.63) is 28.3 Å². The van der Waals surface area contributed by atoms with E-state index < -0.39 is 6.10 Å². The van der Waals surface area contributed by atoms with Gasteiger partial charge in [-0.1, -0.05) is 0 Å². The van der Waals surface area contributed by atoms with Crippen LogP contribution < -0.4 is 10.2 Å². The van der Waals surface area contributed by atoms with Gasteiger partial charge in [0.25, 0.3) is 0 Å². The molecule has 1 aliphatic rings. The Morgan fingerprint density at radius 3 is 2.95 bits per heavy atom. The molecule has 106 valence electrons. The van der Waals surface area contributed by atoms with Gasteiger partial charge in [0, 0.05) is 25.8 Å². The standard InChI is InChI=1S/C13H19NO5/c1-3-18-12-7-14(6-11(12)16)5-9-4-10(15)13(17-2)8-19-9/h4,8,11-12,16H,3,5-7H2,1-2H3/t11-,12-/m0/s1. The predicted octanol–water partition coefficient (Wildman–Crippen LogP) is 0.230. The molecule has 19 heavy (non-hydrogen) atoms. The maximum absolute atomic E-state index is 11.6. The molecule has 2 rings (SSSR count). The quantitative estimate of drug-likeness (QED) is 0.825. The first-order chi connectivity index (χ1) is 9.13. The minimum atomic E-state index is -0.495. The van der Waals surface area contributed by atoms with Crippen molar-refractivity contribution < 1.29 is 19.0 Å². The minimum Gasteiger partial charge on any atom is -0.490 e. The van der Waals surface area contributed by atoms with E-state index >= 15 is 0 Å². The zero-order valence-electron chi connectivity index (χ0n) is 11.2. The zero-order valence-corrected chi connectivity index (χ0v) is 11.2. The van der Waals surface area contributed by atoms with E-state index in [1.807, 2.05) is 11.8 Å². The minimum absolute atomic E-state index is 0.171. The number of aliphatic hydroxyl groups is 1. The third-order valence-electron chi connectivity index (χ3n) is 3.14. The second kappa shape index (κ2) is 6.18. The largest absolute Gasteiger partial charge is 0.490 e. The highest BCUT2D eigenvalue weighted by Gasteiger charge is 2.32. The van der Waals surface area contributed by atoms with E-state index in [-0.39, 0.29) is 17.3 Å². The first kappa shape index (κ1) is 14.0. The van der Waals surface area contributed by atoms with Crippen LogP contribution in [0.15, 0.2) is 21.5 Å². The van der Waals surface area contributed by atoms with Crippen LogP contribution in [0.2, 0.25) is 0 Å². The van der Waals surface area contributed by atoms with Crippen LogP contribution in [0, 0.1) is 0 Å². The Balaban J connectivity index is 1.99. The molecule has 0 aromatic carbocycles. The molecule has 2 atom stereocenters. The summed E-state index contributed by atoms with van der Waals surface area (Å²) in [6.07, 6.45) is 0.643. The molecule has 0 amide bonds. The number of hydrogen-bond donors (Lipinski definition) is 1. The third kappa shape index (κ3) is 3.34. The van der Waals surface area contributed by atoms with Gasteiger partial charge in [-0.3, -0.25) is 9.69 Å². The first-order valence-electron chi connectivity index (χ1n) is 6.31. The van der Waals surface area contributed by atoms with E-state index in [2.05, 4.69) is 0 Å². The number of hydrogen-bond acceptors (Lipinski definition) is 6. The predicted molar refractivity (Wildman–Crippen MR) is 68.2 cm³/mol. The van der Waals surface area contributed by atoms with Gasteiger partial charge in [-0.25, -0.2) is 0 Å². The summed E-state index contributed by atoms with van der Waals surface area (Å²) in [5, 5.41) is 9.83. The molecule has 1 saturated heterocycles. The monoisotopic (exact) mass is 269 g/mol. The second-order valence-electron chi connectivity index (χ2n) is 4.53. The van der Waals surface area contributed by atoms with Gasteiger partial charge < -0.3 is 19.0 Å². The van der Waals surface area contributed by atoms with Gasteiger partial charge >= 0.3 is 0 Å². The van der Waals surface area contributed by atoms with E-state index in [0.29, 0.717) is 32.0 Å². The van der Waals surface area contributed by atoms with Crippen LogP contribution in [-0.4, -0.2) is 49.0 Å². The summed E-state index contributed by atoms with van der Waals surface area (Å²) in [4.78, 5) is 13.6. The molecule has 6 nitrogen and oxygen atoms in total. The molecule has 6 heteroatoms. The smallest absolute Gasteiger partial charge is 0.227 e. The molecule has 1 aromatic heterocycles. The lowest BCUT2D eigenvalue weighted by Gasteiger charge is -2.14. The number of aliphatic hydroxyl groups excluding tert-OH is 1. The Morgan fingerprint density at radius 1 is 1.53 bits per heavy atom. The lowest BCUT2D eigenvalue weighted by atomic mass is 10.3. The molecule has 0 saturated carbocycles. The van der Waals surface area contributed by atoms with E-state index in [9.17, 15) is 9.90 Å². The SMILES string of the molecule is CCO[C@H]1CN(Cc2cc(=O)c(OC)co2)C[C@@H]1O. The fraction of sp³-hybridized carbons (Fsp3) is 0.615. The van der Waals surface area contributed by atoms with Crippen molar-refractivity contribution in [1.82, 2.24) is 4.90 Å². The average molecular weight is 269 g/mol. The van der Waals surface area contributed by atoms with Crippen LogP contribution in [0.5, 0.6) is 5.75 Å². The van der Waals surface area contributed by atoms with E-state index in [1.165, 1.54) is 19.4 Å². The van der Waals surface area contributed by atoms with Gasteiger partial charge in [0.15, 0.2) is 0 Å². The summed E-state index contributed by atoms with van der Waals surface area (Å²) in [5.74, 6) is 0.743. The number of rotatable bonds is 5. The summed E-state index contributed by atoms with van der Waals surface area (Å²) < 4.78 is 15.6. The van der Waals surface area contributed by atoms with Gasteiger partial charge in [0.2, 0.25) is 11.2 Å². The maximum Gasteiger partial charge on any atom is 0.227 e. The van der Waals surface area contributed by atoms with Crippen LogP contribution in [0.4, 0.5) is 0 Å². The van der Waals surface area contributed by atoms with Gasteiger partial charge in [-0.05, 0) is 6.92 Å². The molecule has 0 bridgehead atoms. The van der Waals surface area contributed by atoms with Crippen molar-refractivity contribution in [2.45, 2.75) is 25.7 Å². The van der Waals surface area contributed by atoms with Crippen LogP contribution in [-0.2, 0) is 11.3 Å². The molecule has 0 spiro atoms. The summed E-state index contributed by atoms with van der Waals surface area (Å²) >= 11 is 0. The number of nitrogens with zero attached hydrogens (tertiary/aromatic N) is 1. The number of ether oxygens (including phenoxy) is 2. The van der Waals surface area contributed by atoms with Crippen LogP contribution in [0.25, 0.3) is 0 Å². The Labute approximate surface area is 111 Å². The molecule has 1 fully saturated rings. The van der Waals surface area contributed by atoms with E-state index in [1.54, 1.807) is 0 Å². The lowest BCUT2D eigenvalue weighted by molar-refractivity contribution is -0.00247. The topological polar surface area (TPSA) is 72.1 Å². The van der Waals surface area contributed by atoms with Gasteiger partial charge in [0.05, 0.1) is 25.9 Å². The summed E-state index contributed by atoms with van der Waals surface area (Å²) in [5.41, 5.74) is -0.204. The van der Waals surface area contributed by atoms with Crippen LogP contribution in [0.3, 0.4) is 0 Å². The molecule has 1 N–H and O–H groups in total. The van der Waals surface area contributed by atoms with Crippen molar-refractivity contribution in [2.75, 3.05) is 26.8 Å². The van der Waals surface area contributed by atoms with Gasteiger partial charge in [-0.15, -0.1) is 0 Å². The lowest BCUT2D eigenvalue weighted by Crippen LogP contribution is -2.26. The molecular formula is C13H19NO5. The highest BCUT2D eigenvalue weighted by molar-refractivity contribution is 5.17. The van der Waals surface area contributed by atoms with Crippen LogP contribution >= 0.6 is 0 Å². The Kier molecular flexibility index (Phi) is 4.57. The molecule has 1 aliphatic heterocycles. The maximum atomic E-state index is 11.6. The molecule has 0 aliphatic carbocycles. The van der Waals surface area contributed by atoms with E-state index in [4.69, 9.17) is 13.9 Å². The molecule has 2 heterocycles. The number of β-amino-alcohol motifs (C(OH)–C–C–N with tert-alkyl or cyclic N) is 1. The van der Waals surface area contributed by atoms with Crippen molar-refractivity contribution in [1.29, 1.82) is 0 Å². The van der Waals surface area contributed by atoms with Crippen molar-refractivity contribution in [3.8, 4) is 5.75 Å². The van der Waals surface area contributed by atoms with Crippen LogP contribution in [0.1, 0.15) is 12.7 Å². The number of methoxy groups -OCH3 is 1. The summed E-state index contributed by atoms with van der Waals surface area (Å²) in [7, 11) is 1.43. The summed E-state index contributed by atoms with van der Waals surface area (Å²) in [6, 6.07) is 1.42. The summed E-state index contributed by atoms with van der Waals surface area (Å²) in [6.45, 7) is 4.09. The van der Waals surface area contributed by atoms with Crippen molar-refractivity contribution in [2.24, 2.45) is 0 Å². The average Bonchev–Trinajstić information content (AvgIpc) is 2.70. The van der Waals surface area contributed by atoms with Crippen molar-refractivity contribution >= 4 is 0 Å². The molecular weight excluding hydrogens is 250 g/mol. The normalized spacial score (nSPS) is 23.7. The Bertz CT molecular complexity index is 472. The fourth-order valence-electron chi connectivity index (χ4n) is 2.23. The fourth-order valence-corrected chi connectivity index (χ4v) is 2.23. The second-order valence-corrected chi connectivity index (χ2v) is 4.53. The third-order valence-corrected chi connectivity index (χ3v) is 3.14. The van der Waals surface area contributed by atoms with Gasteiger partial charge in [0.1, 0.15) is 12.0 Å². The zero-order chi connectivity index (χ0) is 13.8. The Hall–Kier alpha value is -1.37. The molecule has 1 aromatic rings. The number of likely N-dealkylation sites (tertiary alicyclic amines) is 1. The highest BCUT2D eigenvalue weighted by atomic mass is 16.5. The van der Waals surface area contributed by atoms with Crippen molar-refractivity contribution in [3.63, 3.8) is 0 Å². The first-order valence-corrected chi connectivity index (χ1v) is 6.31. The molecule has 0 radical (unpaired) electrons. The molecule has 0 unspecified atom stereocenters.